The highest BCUT2D eigenvalue weighted by molar-refractivity contribution is 7.47. The Bertz CT molecular complexity index is 1650. The number of fused-ring (bicyclic) bond motifs is 1. The normalized spacial score (nSPS) is 16.8. The van der Waals surface area contributed by atoms with E-state index in [1.165, 1.54) is 35.0 Å². The van der Waals surface area contributed by atoms with Crippen LogP contribution in [0.5, 0.6) is 5.75 Å². The summed E-state index contributed by atoms with van der Waals surface area (Å²) in [6.07, 6.45) is -0.817. The van der Waals surface area contributed by atoms with E-state index in [2.05, 4.69) is 5.32 Å². The number of likely N-dealkylation sites (N-methyl/N-ethyl adjacent to an activating group) is 1. The first-order valence-corrected chi connectivity index (χ1v) is 17.9. The zero-order valence-corrected chi connectivity index (χ0v) is 30.7. The first-order valence-electron chi connectivity index (χ1n) is 16.5. The number of hydrogen-bond donors (Lipinski definition) is 2. The highest BCUT2D eigenvalue weighted by Crippen LogP contribution is 2.40. The quantitative estimate of drug-likeness (QED) is 0.151. The summed E-state index contributed by atoms with van der Waals surface area (Å²) in [4.78, 5) is 65.3. The Kier molecular flexibility index (Phi) is 13.8. The number of nitrogens with one attached hydrogen (secondary N) is 1. The van der Waals surface area contributed by atoms with E-state index in [0.29, 0.717) is 12.0 Å². The third kappa shape index (κ3) is 9.67. The fraction of sp³-hybridized carbons (Fsp3) is 0.545. The average molecular weight is 755 g/mol. The van der Waals surface area contributed by atoms with Crippen LogP contribution in [0.2, 0.25) is 0 Å². The predicted octanol–water partition coefficient (Wildman–Crippen LogP) is 3.85. The Morgan fingerprint density at radius 3 is 2.25 bits per heavy atom. The van der Waals surface area contributed by atoms with E-state index in [4.69, 9.17) is 32.7 Å². The van der Waals surface area contributed by atoms with Gasteiger partial charge in [0.15, 0.2) is 25.5 Å². The van der Waals surface area contributed by atoms with Crippen molar-refractivity contribution in [2.75, 3.05) is 51.6 Å². The van der Waals surface area contributed by atoms with Gasteiger partial charge in [-0.05, 0) is 52.7 Å². The molecule has 1 aromatic carbocycles. The van der Waals surface area contributed by atoms with E-state index < -0.39 is 86.5 Å². The number of carbonyl (C=O) groups is 4. The van der Waals surface area contributed by atoms with Crippen molar-refractivity contribution >= 4 is 32.5 Å². The van der Waals surface area contributed by atoms with Gasteiger partial charge in [-0.25, -0.2) is 14.0 Å². The summed E-state index contributed by atoms with van der Waals surface area (Å²) in [5.41, 5.74) is -2.12. The van der Waals surface area contributed by atoms with Crippen LogP contribution < -0.4 is 15.8 Å². The lowest BCUT2D eigenvalue weighted by Gasteiger charge is -2.52. The number of ether oxygens (including phenoxy) is 5. The molecule has 19 heteroatoms. The summed E-state index contributed by atoms with van der Waals surface area (Å²) in [7, 11) is -0.346. The molecule has 0 aliphatic carbocycles. The maximum absolute atomic E-state index is 14.5. The summed E-state index contributed by atoms with van der Waals surface area (Å²) in [6.45, 7) is 7.49. The lowest BCUT2D eigenvalue weighted by molar-refractivity contribution is -0.0237. The Hall–Kier alpha value is -4.51. The molecule has 4 rings (SSSR count). The zero-order valence-electron chi connectivity index (χ0n) is 29.8. The molecular weight excluding hydrogens is 710 g/mol. The summed E-state index contributed by atoms with van der Waals surface area (Å²) < 4.78 is 52.5. The monoisotopic (exact) mass is 754 g/mol. The van der Waals surface area contributed by atoms with Crippen molar-refractivity contribution in [3.63, 3.8) is 0 Å². The molecule has 1 aromatic heterocycles. The third-order valence-corrected chi connectivity index (χ3v) is 9.50. The molecule has 2 amide bonds. The second kappa shape index (κ2) is 17.8. The maximum Gasteiger partial charge on any atom is 0.510 e. The number of aromatic hydroxyl groups is 1. The van der Waals surface area contributed by atoms with E-state index in [-0.39, 0.29) is 50.1 Å². The highest BCUT2D eigenvalue weighted by Gasteiger charge is 2.52. The van der Waals surface area contributed by atoms with E-state index in [9.17, 15) is 33.5 Å². The van der Waals surface area contributed by atoms with Gasteiger partial charge in [-0.15, -0.1) is 0 Å². The van der Waals surface area contributed by atoms with Crippen molar-refractivity contribution in [2.45, 2.75) is 71.9 Å². The molecule has 1 saturated heterocycles. The molecule has 0 bridgehead atoms. The zero-order chi connectivity index (χ0) is 38.2. The third-order valence-electron chi connectivity index (χ3n) is 8.03. The molecule has 0 radical (unpaired) electrons. The molecule has 0 saturated carbocycles. The van der Waals surface area contributed by atoms with Crippen molar-refractivity contribution in [1.82, 2.24) is 14.9 Å². The van der Waals surface area contributed by atoms with Gasteiger partial charge in [0.25, 0.3) is 11.8 Å². The van der Waals surface area contributed by atoms with Crippen LogP contribution in [-0.2, 0) is 39.3 Å². The van der Waals surface area contributed by atoms with Crippen LogP contribution in [0.3, 0.4) is 0 Å². The van der Waals surface area contributed by atoms with Gasteiger partial charge in [0, 0.05) is 44.5 Å². The Morgan fingerprint density at radius 2 is 1.69 bits per heavy atom. The summed E-state index contributed by atoms with van der Waals surface area (Å²) in [5, 5.41) is 15.3. The highest BCUT2D eigenvalue weighted by atomic mass is 31.2. The minimum atomic E-state index is -1.87. The lowest BCUT2D eigenvalue weighted by atomic mass is 10.0. The molecule has 1 fully saturated rings. The largest absolute Gasteiger partial charge is 0.510 e. The van der Waals surface area contributed by atoms with Crippen LogP contribution >= 0.6 is 8.38 Å². The predicted molar refractivity (Wildman–Crippen MR) is 182 cm³/mol. The second-order valence-electron chi connectivity index (χ2n) is 12.5. The van der Waals surface area contributed by atoms with Gasteiger partial charge in [-0.2, -0.15) is 0 Å². The number of benzene rings is 1. The Balaban J connectivity index is 1.57. The molecule has 17 nitrogen and oxygen atoms in total. The van der Waals surface area contributed by atoms with Gasteiger partial charge in [0.05, 0.1) is 25.4 Å². The summed E-state index contributed by atoms with van der Waals surface area (Å²) in [5.74, 6) is -3.04. The van der Waals surface area contributed by atoms with Crippen molar-refractivity contribution in [2.24, 2.45) is 0 Å². The molecule has 2 aromatic rings. The van der Waals surface area contributed by atoms with Crippen molar-refractivity contribution in [3.05, 3.63) is 62.8 Å². The molecule has 1 unspecified atom stereocenters. The second-order valence-corrected chi connectivity index (χ2v) is 14.1. The van der Waals surface area contributed by atoms with Crippen LogP contribution in [-0.4, -0.2) is 103 Å². The van der Waals surface area contributed by atoms with E-state index in [0.717, 1.165) is 0 Å². The molecule has 2 aliphatic rings. The van der Waals surface area contributed by atoms with Crippen LogP contribution in [0.4, 0.5) is 14.0 Å². The van der Waals surface area contributed by atoms with Crippen LogP contribution in [0.15, 0.2) is 29.2 Å². The molecule has 2 aliphatic heterocycles. The van der Waals surface area contributed by atoms with Gasteiger partial charge in [-0.3, -0.25) is 33.1 Å². The van der Waals surface area contributed by atoms with Crippen molar-refractivity contribution < 1.29 is 61.4 Å². The minimum Gasteiger partial charge on any atom is -0.502 e. The number of nitrogens with zero attached hydrogens (tertiary/aromatic N) is 3. The summed E-state index contributed by atoms with van der Waals surface area (Å²) >= 11 is 0. The number of aryl methyl sites for hydroxylation is 1. The number of halogens is 1. The van der Waals surface area contributed by atoms with E-state index in [1.54, 1.807) is 45.7 Å². The molecule has 1 atom stereocenters. The Morgan fingerprint density at radius 1 is 1.06 bits per heavy atom. The van der Waals surface area contributed by atoms with Gasteiger partial charge >= 0.3 is 12.3 Å². The first kappa shape index (κ1) is 40.3. The SMILES string of the molecule is Cc1ccc(CNC(=O)c2cn3c(c(O)c2=O)C(=O)N(C)C2(CCOC2)N3CCCP(OCOC(=O)OC(C)C)OCOC(=O)OC(C)C)c(F)c1. The van der Waals surface area contributed by atoms with Gasteiger partial charge in [-0.1, -0.05) is 12.1 Å². The first-order chi connectivity index (χ1) is 24.6. The smallest absolute Gasteiger partial charge is 0.502 e. The van der Waals surface area contributed by atoms with Crippen molar-refractivity contribution in [1.29, 1.82) is 0 Å². The minimum absolute atomic E-state index is 0.0646. The average Bonchev–Trinajstić information content (AvgIpc) is 3.56. The fourth-order valence-corrected chi connectivity index (χ4v) is 6.56. The van der Waals surface area contributed by atoms with E-state index in [1.807, 2.05) is 0 Å². The number of pyridine rings is 1. The molecule has 286 valence electrons. The van der Waals surface area contributed by atoms with E-state index >= 15 is 0 Å². The molecule has 2 N–H and O–H groups in total. The maximum atomic E-state index is 14.5. The molecular formula is C33H44FN4O13P. The van der Waals surface area contributed by atoms with Gasteiger partial charge in [0.1, 0.15) is 11.4 Å². The molecule has 3 heterocycles. The van der Waals surface area contributed by atoms with Crippen LogP contribution in [0, 0.1) is 12.7 Å². The van der Waals surface area contributed by atoms with Crippen LogP contribution in [0.1, 0.15) is 72.5 Å². The Labute approximate surface area is 300 Å². The van der Waals surface area contributed by atoms with Gasteiger partial charge in [0.2, 0.25) is 19.0 Å². The number of amides is 2. The number of carbonyl (C=O) groups excluding carboxylic acids is 4. The van der Waals surface area contributed by atoms with Crippen LogP contribution in [0.25, 0.3) is 0 Å². The topological polar surface area (TPSA) is 194 Å². The number of aromatic nitrogens is 1. The molecule has 52 heavy (non-hydrogen) atoms. The standard InChI is InChI=1S/C33H44FN4O13P/c1-20(2)50-31(43)46-18-48-52(49-19-47-32(44)51-21(3)4)13-7-11-38-33(10-12-45-17-33)36(6)30(42)26-28(40)27(39)24(16-37(26)38)29(41)35-15-23-9-8-22(5)14-25(23)34/h8-9,14,16,20-21,40H,7,10-13,15,17-19H2,1-6H3,(H,35,41). The van der Waals surface area contributed by atoms with Crippen molar-refractivity contribution in [3.8, 4) is 5.75 Å². The van der Waals surface area contributed by atoms with Gasteiger partial charge < -0.3 is 39.0 Å². The number of rotatable bonds is 15. The fourth-order valence-electron chi connectivity index (χ4n) is 5.49. The lowest BCUT2D eigenvalue weighted by Crippen LogP contribution is -2.70. The summed E-state index contributed by atoms with van der Waals surface area (Å²) in [6, 6.07) is 4.50. The molecule has 1 spiro atoms. The number of hydrogen-bond acceptors (Lipinski definition) is 14.